The van der Waals surface area contributed by atoms with Crippen molar-refractivity contribution in [3.8, 4) is 0 Å². The zero-order chi connectivity index (χ0) is 18.4. The van der Waals surface area contributed by atoms with E-state index in [0.29, 0.717) is 0 Å². The molecular weight excluding hydrogens is 342 g/mol. The Morgan fingerprint density at radius 3 is 2.69 bits per heavy atom. The summed E-state index contributed by atoms with van der Waals surface area (Å²) in [5.74, 6) is 1.75. The fourth-order valence-electron chi connectivity index (χ4n) is 4.05. The molecule has 2 aliphatic rings. The number of hydrogen-bond donors (Lipinski definition) is 1. The molecule has 2 fully saturated rings. The predicted octanol–water partition coefficient (Wildman–Crippen LogP) is 5.49. The maximum atomic E-state index is 6.18. The molecule has 0 bridgehead atoms. The molecule has 0 radical (unpaired) electrons. The molecule has 1 aromatic rings. The molecule has 2 unspecified atom stereocenters. The minimum absolute atomic E-state index is 0.751. The first-order chi connectivity index (χ1) is 12.6. The number of nitrogens with zero attached hydrogens (tertiary/aromatic N) is 2. The summed E-state index contributed by atoms with van der Waals surface area (Å²) in [4.78, 5) is 7.11. The number of benzene rings is 1. The lowest BCUT2D eigenvalue weighted by molar-refractivity contribution is 0.0920. The smallest absolute Gasteiger partial charge is 0.0644 e. The molecule has 2 atom stereocenters. The number of nitrogens with two attached hydrogens (primary N) is 1. The second-order valence-electron chi connectivity index (χ2n) is 7.95. The molecule has 142 valence electrons. The number of hydrogen-bond acceptors (Lipinski definition) is 3. The average Bonchev–Trinajstić information content (AvgIpc) is 2.63. The van der Waals surface area contributed by atoms with Gasteiger partial charge in [-0.3, -0.25) is 4.99 Å². The molecule has 0 aromatic heterocycles. The number of allylic oxidation sites excluding steroid dienone is 2. The van der Waals surface area contributed by atoms with Crippen molar-refractivity contribution >= 4 is 23.5 Å². The van der Waals surface area contributed by atoms with Gasteiger partial charge >= 0.3 is 0 Å². The SMILES string of the molecule is Cc1ccc(N=CC=C(N)CCC2CCC2CN2CCCCC2)cc1Cl. The van der Waals surface area contributed by atoms with Gasteiger partial charge < -0.3 is 10.6 Å². The molecule has 0 spiro atoms. The van der Waals surface area contributed by atoms with Crippen molar-refractivity contribution in [1.29, 1.82) is 0 Å². The monoisotopic (exact) mass is 373 g/mol. The van der Waals surface area contributed by atoms with Crippen molar-refractivity contribution in [1.82, 2.24) is 4.90 Å². The van der Waals surface area contributed by atoms with Crippen LogP contribution in [0.5, 0.6) is 0 Å². The van der Waals surface area contributed by atoms with Crippen molar-refractivity contribution in [2.75, 3.05) is 19.6 Å². The number of halogens is 1. The fourth-order valence-corrected chi connectivity index (χ4v) is 4.22. The second-order valence-corrected chi connectivity index (χ2v) is 8.36. The van der Waals surface area contributed by atoms with Gasteiger partial charge in [0.1, 0.15) is 0 Å². The van der Waals surface area contributed by atoms with Gasteiger partial charge in [0.05, 0.1) is 5.69 Å². The third-order valence-electron chi connectivity index (χ3n) is 5.99. The molecule has 1 aliphatic heterocycles. The van der Waals surface area contributed by atoms with Gasteiger partial charge in [-0.15, -0.1) is 0 Å². The van der Waals surface area contributed by atoms with Crippen LogP contribution in [-0.4, -0.2) is 30.7 Å². The summed E-state index contributed by atoms with van der Waals surface area (Å²) in [5.41, 5.74) is 9.04. The highest BCUT2D eigenvalue weighted by Gasteiger charge is 2.31. The molecular formula is C22H32ClN3. The zero-order valence-electron chi connectivity index (χ0n) is 16.0. The highest BCUT2D eigenvalue weighted by atomic mass is 35.5. The Morgan fingerprint density at radius 1 is 1.23 bits per heavy atom. The van der Waals surface area contributed by atoms with E-state index in [2.05, 4.69) is 9.89 Å². The minimum Gasteiger partial charge on any atom is -0.402 e. The standard InChI is InChI=1S/C22H32ClN3/c1-17-5-10-21(15-22(17)23)25-12-11-20(24)9-8-18-6-7-19(18)16-26-13-3-2-4-14-26/h5,10-12,15,18-19H,2-4,6-9,13-14,16,24H2,1H3. The van der Waals surface area contributed by atoms with Gasteiger partial charge in [-0.05, 0) is 94.1 Å². The average molecular weight is 374 g/mol. The Morgan fingerprint density at radius 2 is 2.00 bits per heavy atom. The van der Waals surface area contributed by atoms with Crippen molar-refractivity contribution in [3.63, 3.8) is 0 Å². The van der Waals surface area contributed by atoms with Crippen LogP contribution in [0.3, 0.4) is 0 Å². The third kappa shape index (κ3) is 5.59. The van der Waals surface area contributed by atoms with Gasteiger partial charge in [0.25, 0.3) is 0 Å². The maximum absolute atomic E-state index is 6.18. The highest BCUT2D eigenvalue weighted by Crippen LogP contribution is 2.38. The van der Waals surface area contributed by atoms with Crippen LogP contribution in [0.15, 0.2) is 35.0 Å². The van der Waals surface area contributed by atoms with E-state index < -0.39 is 0 Å². The van der Waals surface area contributed by atoms with Gasteiger partial charge in [-0.2, -0.15) is 0 Å². The van der Waals surface area contributed by atoms with Crippen molar-refractivity contribution < 1.29 is 0 Å². The van der Waals surface area contributed by atoms with Crippen LogP contribution in [0.4, 0.5) is 5.69 Å². The lowest BCUT2D eigenvalue weighted by atomic mass is 9.71. The van der Waals surface area contributed by atoms with Gasteiger partial charge in [0.2, 0.25) is 0 Å². The fraction of sp³-hybridized carbons (Fsp3) is 0.591. The van der Waals surface area contributed by atoms with Crippen molar-refractivity contribution in [3.05, 3.63) is 40.6 Å². The molecule has 3 nitrogen and oxygen atoms in total. The van der Waals surface area contributed by atoms with Crippen LogP contribution in [-0.2, 0) is 0 Å². The van der Waals surface area contributed by atoms with E-state index >= 15 is 0 Å². The van der Waals surface area contributed by atoms with Crippen LogP contribution < -0.4 is 5.73 Å². The second kappa shape index (κ2) is 9.57. The van der Waals surface area contributed by atoms with E-state index in [1.807, 2.05) is 31.2 Å². The normalized spacial score (nSPS) is 24.8. The summed E-state index contributed by atoms with van der Waals surface area (Å²) in [6, 6.07) is 5.85. The lowest BCUT2D eigenvalue weighted by Crippen LogP contribution is -2.40. The highest BCUT2D eigenvalue weighted by molar-refractivity contribution is 6.31. The Balaban J connectivity index is 1.41. The van der Waals surface area contributed by atoms with E-state index in [9.17, 15) is 0 Å². The van der Waals surface area contributed by atoms with E-state index in [0.717, 1.165) is 40.2 Å². The van der Waals surface area contributed by atoms with Crippen LogP contribution in [0.2, 0.25) is 5.02 Å². The van der Waals surface area contributed by atoms with Crippen molar-refractivity contribution in [2.24, 2.45) is 22.6 Å². The zero-order valence-corrected chi connectivity index (χ0v) is 16.7. The first-order valence-corrected chi connectivity index (χ1v) is 10.5. The number of piperidine rings is 1. The number of likely N-dealkylation sites (tertiary alicyclic amines) is 1. The van der Waals surface area contributed by atoms with Gasteiger partial charge in [-0.1, -0.05) is 24.1 Å². The number of rotatable bonds is 7. The summed E-state index contributed by atoms with van der Waals surface area (Å²) in [7, 11) is 0. The molecule has 26 heavy (non-hydrogen) atoms. The predicted molar refractivity (Wildman–Crippen MR) is 112 cm³/mol. The summed E-state index contributed by atoms with van der Waals surface area (Å²) < 4.78 is 0. The molecule has 2 N–H and O–H groups in total. The van der Waals surface area contributed by atoms with E-state index in [-0.39, 0.29) is 0 Å². The Bertz CT molecular complexity index is 647. The lowest BCUT2D eigenvalue weighted by Gasteiger charge is -2.41. The summed E-state index contributed by atoms with van der Waals surface area (Å²) in [6.45, 7) is 5.92. The summed E-state index contributed by atoms with van der Waals surface area (Å²) >= 11 is 6.13. The molecule has 1 saturated heterocycles. The maximum Gasteiger partial charge on any atom is 0.0644 e. The Hall–Kier alpha value is -1.32. The molecule has 0 amide bonds. The van der Waals surface area contributed by atoms with Gasteiger partial charge in [0.15, 0.2) is 0 Å². The Labute approximate surface area is 163 Å². The molecule has 1 heterocycles. The first kappa shape index (κ1) is 19.4. The van der Waals surface area contributed by atoms with Crippen LogP contribution >= 0.6 is 11.6 Å². The summed E-state index contributed by atoms with van der Waals surface area (Å²) in [5, 5.41) is 0.751. The molecule has 3 rings (SSSR count). The molecule has 1 aliphatic carbocycles. The van der Waals surface area contributed by atoms with Crippen molar-refractivity contribution in [2.45, 2.75) is 51.9 Å². The Kier molecular flexibility index (Phi) is 7.15. The van der Waals surface area contributed by atoms with Crippen LogP contribution in [0, 0.1) is 18.8 Å². The summed E-state index contributed by atoms with van der Waals surface area (Å²) in [6.07, 6.45) is 12.9. The molecule has 4 heteroatoms. The number of aliphatic imine (C=N–C) groups is 1. The van der Waals surface area contributed by atoms with Crippen LogP contribution in [0.1, 0.15) is 50.5 Å². The van der Waals surface area contributed by atoms with E-state index in [4.69, 9.17) is 17.3 Å². The first-order valence-electron chi connectivity index (χ1n) is 10.1. The molecule has 1 aromatic carbocycles. The number of aryl methyl sites for hydroxylation is 1. The quantitative estimate of drug-likeness (QED) is 0.642. The van der Waals surface area contributed by atoms with Gasteiger partial charge in [-0.25, -0.2) is 0 Å². The third-order valence-corrected chi connectivity index (χ3v) is 6.39. The largest absolute Gasteiger partial charge is 0.402 e. The minimum atomic E-state index is 0.751. The van der Waals surface area contributed by atoms with E-state index in [1.54, 1.807) is 6.21 Å². The topological polar surface area (TPSA) is 41.6 Å². The molecule has 1 saturated carbocycles. The van der Waals surface area contributed by atoms with Gasteiger partial charge in [0, 0.05) is 23.5 Å². The van der Waals surface area contributed by atoms with E-state index in [1.165, 1.54) is 58.2 Å². The van der Waals surface area contributed by atoms with Crippen LogP contribution in [0.25, 0.3) is 0 Å².